The third-order valence-electron chi connectivity index (χ3n) is 3.55. The first-order chi connectivity index (χ1) is 8.83. The van der Waals surface area contributed by atoms with Crippen molar-refractivity contribution in [1.29, 1.82) is 0 Å². The minimum Gasteiger partial charge on any atom is -0.315 e. The molecule has 0 atom stereocenters. The Morgan fingerprint density at radius 1 is 1.22 bits per heavy atom. The summed E-state index contributed by atoms with van der Waals surface area (Å²) in [4.78, 5) is 12.0. The van der Waals surface area contributed by atoms with E-state index >= 15 is 0 Å². The highest BCUT2D eigenvalue weighted by molar-refractivity contribution is 4.91. The summed E-state index contributed by atoms with van der Waals surface area (Å²) in [6.45, 7) is 4.97. The Hall–Kier alpha value is -1.03. The zero-order valence-corrected chi connectivity index (χ0v) is 11.4. The van der Waals surface area contributed by atoms with Crippen LogP contribution in [0.15, 0.2) is 17.2 Å². The maximum Gasteiger partial charge on any atom is 0.328 e. The molecule has 4 nitrogen and oxygen atoms in total. The second-order valence-corrected chi connectivity index (χ2v) is 5.22. The molecule has 1 heterocycles. The number of aromatic nitrogens is 2. The molecular weight excluding hydrogens is 226 g/mol. The van der Waals surface area contributed by atoms with E-state index < -0.39 is 0 Å². The van der Waals surface area contributed by atoms with Crippen molar-refractivity contribution in [2.45, 2.75) is 58.0 Å². The van der Waals surface area contributed by atoms with Crippen LogP contribution in [0.5, 0.6) is 0 Å². The van der Waals surface area contributed by atoms with Crippen molar-refractivity contribution in [3.05, 3.63) is 22.9 Å². The predicted octanol–water partition coefficient (Wildman–Crippen LogP) is 2.15. The lowest BCUT2D eigenvalue weighted by Crippen LogP contribution is -2.28. The molecule has 0 radical (unpaired) electrons. The zero-order chi connectivity index (χ0) is 12.8. The molecule has 1 aliphatic rings. The summed E-state index contributed by atoms with van der Waals surface area (Å²) in [5.41, 5.74) is 0.158. The third-order valence-corrected chi connectivity index (χ3v) is 3.55. The Bertz CT molecular complexity index is 403. The third kappa shape index (κ3) is 3.73. The number of hydrogen-bond acceptors (Lipinski definition) is 2. The van der Waals surface area contributed by atoms with E-state index in [2.05, 4.69) is 12.2 Å². The summed E-state index contributed by atoms with van der Waals surface area (Å²) >= 11 is 0. The minimum absolute atomic E-state index is 0.158. The molecule has 1 aromatic heterocycles. The van der Waals surface area contributed by atoms with E-state index in [1.165, 1.54) is 38.5 Å². The first-order valence-corrected chi connectivity index (χ1v) is 7.31. The van der Waals surface area contributed by atoms with Gasteiger partial charge in [0.25, 0.3) is 0 Å². The Kier molecular flexibility index (Phi) is 5.05. The number of nitrogens with one attached hydrogen (secondary N) is 1. The molecule has 18 heavy (non-hydrogen) atoms. The van der Waals surface area contributed by atoms with Crippen LogP contribution in [-0.4, -0.2) is 22.2 Å². The Morgan fingerprint density at radius 2 is 2.06 bits per heavy atom. The van der Waals surface area contributed by atoms with Gasteiger partial charge in [0.2, 0.25) is 0 Å². The first kappa shape index (κ1) is 13.4. The van der Waals surface area contributed by atoms with Crippen LogP contribution in [0.3, 0.4) is 0 Å². The van der Waals surface area contributed by atoms with E-state index in [-0.39, 0.29) is 5.69 Å². The number of unbranched alkanes of at least 4 members (excludes halogenated alkanes) is 3. The van der Waals surface area contributed by atoms with Gasteiger partial charge in [-0.1, -0.05) is 26.2 Å². The average Bonchev–Trinajstić information content (AvgIpc) is 3.14. The van der Waals surface area contributed by atoms with Crippen LogP contribution in [0, 0.1) is 0 Å². The molecule has 1 N–H and O–H groups in total. The molecule has 1 aliphatic carbocycles. The summed E-state index contributed by atoms with van der Waals surface area (Å²) in [6.07, 6.45) is 11.3. The molecule has 1 fully saturated rings. The Morgan fingerprint density at radius 3 is 2.78 bits per heavy atom. The summed E-state index contributed by atoms with van der Waals surface area (Å²) in [6, 6.07) is 0.487. The molecule has 0 unspecified atom stereocenters. The molecule has 2 rings (SSSR count). The fourth-order valence-electron chi connectivity index (χ4n) is 2.23. The van der Waals surface area contributed by atoms with Crippen molar-refractivity contribution in [2.75, 3.05) is 13.1 Å². The quantitative estimate of drug-likeness (QED) is 0.683. The van der Waals surface area contributed by atoms with E-state index in [9.17, 15) is 4.79 Å². The predicted molar refractivity (Wildman–Crippen MR) is 74.0 cm³/mol. The van der Waals surface area contributed by atoms with Crippen molar-refractivity contribution >= 4 is 0 Å². The van der Waals surface area contributed by atoms with Crippen molar-refractivity contribution in [3.8, 4) is 0 Å². The monoisotopic (exact) mass is 251 g/mol. The summed E-state index contributed by atoms with van der Waals surface area (Å²) in [5, 5.41) is 3.41. The molecule has 102 valence electrons. The van der Waals surface area contributed by atoms with Gasteiger partial charge in [-0.05, 0) is 25.8 Å². The zero-order valence-electron chi connectivity index (χ0n) is 11.4. The molecule has 0 aromatic carbocycles. The largest absolute Gasteiger partial charge is 0.328 e. The topological polar surface area (TPSA) is 39.0 Å². The Labute approximate surface area is 109 Å². The highest BCUT2D eigenvalue weighted by atomic mass is 16.1. The number of nitrogens with zero attached hydrogens (tertiary/aromatic N) is 2. The molecule has 0 spiro atoms. The molecule has 0 aliphatic heterocycles. The van der Waals surface area contributed by atoms with Gasteiger partial charge in [-0.2, -0.15) is 0 Å². The lowest BCUT2D eigenvalue weighted by atomic mass is 10.2. The van der Waals surface area contributed by atoms with Crippen LogP contribution < -0.4 is 11.0 Å². The number of rotatable bonds is 9. The number of imidazole rings is 1. The SMILES string of the molecule is CCCCCCNCCn1ccn(C2CC2)c1=O. The molecule has 0 amide bonds. The van der Waals surface area contributed by atoms with Crippen LogP contribution in [-0.2, 0) is 6.54 Å². The van der Waals surface area contributed by atoms with E-state index in [0.29, 0.717) is 6.04 Å². The molecule has 1 saturated carbocycles. The summed E-state index contributed by atoms with van der Waals surface area (Å²) < 4.78 is 3.69. The van der Waals surface area contributed by atoms with Crippen LogP contribution in [0.2, 0.25) is 0 Å². The maximum absolute atomic E-state index is 12.0. The highest BCUT2D eigenvalue weighted by Gasteiger charge is 2.25. The van der Waals surface area contributed by atoms with E-state index in [1.807, 2.05) is 21.5 Å². The fourth-order valence-corrected chi connectivity index (χ4v) is 2.23. The molecular formula is C14H25N3O. The Balaban J connectivity index is 1.63. The van der Waals surface area contributed by atoms with Crippen LogP contribution in [0.4, 0.5) is 0 Å². The van der Waals surface area contributed by atoms with Gasteiger partial charge in [-0.25, -0.2) is 4.79 Å². The van der Waals surface area contributed by atoms with Crippen molar-refractivity contribution in [1.82, 2.24) is 14.5 Å². The molecule has 0 saturated heterocycles. The van der Waals surface area contributed by atoms with Crippen LogP contribution in [0.1, 0.15) is 51.5 Å². The van der Waals surface area contributed by atoms with Crippen LogP contribution >= 0.6 is 0 Å². The van der Waals surface area contributed by atoms with Gasteiger partial charge >= 0.3 is 5.69 Å². The maximum atomic E-state index is 12.0. The van der Waals surface area contributed by atoms with E-state index in [0.717, 1.165) is 19.6 Å². The van der Waals surface area contributed by atoms with Crippen molar-refractivity contribution in [3.63, 3.8) is 0 Å². The van der Waals surface area contributed by atoms with E-state index in [4.69, 9.17) is 0 Å². The van der Waals surface area contributed by atoms with Gasteiger partial charge in [0.05, 0.1) is 0 Å². The van der Waals surface area contributed by atoms with Crippen molar-refractivity contribution < 1.29 is 0 Å². The number of hydrogen-bond donors (Lipinski definition) is 1. The minimum atomic E-state index is 0.158. The lowest BCUT2D eigenvalue weighted by molar-refractivity contribution is 0.546. The van der Waals surface area contributed by atoms with Gasteiger partial charge < -0.3 is 5.32 Å². The second kappa shape index (κ2) is 6.78. The average molecular weight is 251 g/mol. The smallest absolute Gasteiger partial charge is 0.315 e. The van der Waals surface area contributed by atoms with Gasteiger partial charge in [-0.15, -0.1) is 0 Å². The van der Waals surface area contributed by atoms with Crippen LogP contribution in [0.25, 0.3) is 0 Å². The summed E-state index contributed by atoms with van der Waals surface area (Å²) in [5.74, 6) is 0. The standard InChI is InChI=1S/C14H25N3O/c1-2-3-4-5-8-15-9-10-16-11-12-17(14(16)18)13-6-7-13/h11-13,15H,2-10H2,1H3. The lowest BCUT2D eigenvalue weighted by Gasteiger charge is -2.05. The fraction of sp³-hybridized carbons (Fsp3) is 0.786. The normalized spacial score (nSPS) is 15.2. The van der Waals surface area contributed by atoms with Crippen molar-refractivity contribution in [2.24, 2.45) is 0 Å². The van der Waals surface area contributed by atoms with Gasteiger partial charge in [-0.3, -0.25) is 9.13 Å². The highest BCUT2D eigenvalue weighted by Crippen LogP contribution is 2.33. The molecule has 4 heteroatoms. The van der Waals surface area contributed by atoms with Gasteiger partial charge in [0.15, 0.2) is 0 Å². The second-order valence-electron chi connectivity index (χ2n) is 5.22. The van der Waals surface area contributed by atoms with Gasteiger partial charge in [0.1, 0.15) is 0 Å². The summed E-state index contributed by atoms with van der Waals surface area (Å²) in [7, 11) is 0. The molecule has 0 bridgehead atoms. The van der Waals surface area contributed by atoms with Gasteiger partial charge in [0, 0.05) is 31.5 Å². The van der Waals surface area contributed by atoms with E-state index in [1.54, 1.807) is 0 Å². The first-order valence-electron chi connectivity index (χ1n) is 7.31. The molecule has 1 aromatic rings.